The highest BCUT2D eigenvalue weighted by atomic mass is 19.4. The second-order valence-corrected chi connectivity index (χ2v) is 6.44. The van der Waals surface area contributed by atoms with E-state index in [1.165, 1.54) is 6.07 Å². The SMILES string of the molecule is N=C(/C=C(\N)C(=O)N(Cc1c(F)cccc1F)C1CCCCC1)C(F)(F)F. The van der Waals surface area contributed by atoms with Crippen LogP contribution in [0.3, 0.4) is 0 Å². The van der Waals surface area contributed by atoms with Crippen LogP contribution in [0.4, 0.5) is 22.0 Å². The van der Waals surface area contributed by atoms with E-state index in [1.807, 2.05) is 0 Å². The Labute approximate surface area is 153 Å². The van der Waals surface area contributed by atoms with Crippen molar-refractivity contribution in [3.8, 4) is 0 Å². The number of alkyl halides is 3. The van der Waals surface area contributed by atoms with Gasteiger partial charge < -0.3 is 10.6 Å². The molecule has 0 heterocycles. The molecule has 1 aliphatic rings. The lowest BCUT2D eigenvalue weighted by Crippen LogP contribution is -2.43. The zero-order valence-corrected chi connectivity index (χ0v) is 14.5. The summed E-state index contributed by atoms with van der Waals surface area (Å²) in [4.78, 5) is 13.8. The van der Waals surface area contributed by atoms with E-state index in [1.54, 1.807) is 0 Å². The fourth-order valence-electron chi connectivity index (χ4n) is 3.08. The summed E-state index contributed by atoms with van der Waals surface area (Å²) >= 11 is 0. The summed E-state index contributed by atoms with van der Waals surface area (Å²) in [6.07, 6.45) is -1.07. The number of hydrogen-bond donors (Lipinski definition) is 2. The highest BCUT2D eigenvalue weighted by molar-refractivity contribution is 6.04. The Morgan fingerprint density at radius 3 is 2.26 bits per heavy atom. The molecule has 1 amide bonds. The summed E-state index contributed by atoms with van der Waals surface area (Å²) in [5.74, 6) is -2.68. The highest BCUT2D eigenvalue weighted by Gasteiger charge is 2.34. The zero-order valence-electron chi connectivity index (χ0n) is 14.5. The summed E-state index contributed by atoms with van der Waals surface area (Å²) in [6.45, 7) is -0.449. The number of allylic oxidation sites excluding steroid dienone is 1. The Morgan fingerprint density at radius 2 is 1.74 bits per heavy atom. The highest BCUT2D eigenvalue weighted by Crippen LogP contribution is 2.27. The van der Waals surface area contributed by atoms with Gasteiger partial charge >= 0.3 is 6.18 Å². The van der Waals surface area contributed by atoms with Crippen LogP contribution in [0.25, 0.3) is 0 Å². The third-order valence-electron chi connectivity index (χ3n) is 4.52. The number of nitrogens with two attached hydrogens (primary N) is 1. The predicted molar refractivity (Wildman–Crippen MR) is 89.8 cm³/mol. The maximum atomic E-state index is 14.0. The molecule has 1 aliphatic carbocycles. The van der Waals surface area contributed by atoms with Crippen LogP contribution in [0.2, 0.25) is 0 Å². The largest absolute Gasteiger partial charge is 0.432 e. The molecule has 148 valence electrons. The fraction of sp³-hybridized carbons (Fsp3) is 0.444. The van der Waals surface area contributed by atoms with E-state index in [-0.39, 0.29) is 11.6 Å². The molecule has 1 aromatic rings. The number of carbonyl (C=O) groups is 1. The smallest absolute Gasteiger partial charge is 0.394 e. The Hall–Kier alpha value is -2.45. The summed E-state index contributed by atoms with van der Waals surface area (Å²) < 4.78 is 65.6. The number of nitrogens with one attached hydrogen (secondary N) is 1. The molecule has 0 atom stereocenters. The minimum atomic E-state index is -4.95. The van der Waals surface area contributed by atoms with Crippen LogP contribution in [-0.4, -0.2) is 28.7 Å². The monoisotopic (exact) mass is 389 g/mol. The van der Waals surface area contributed by atoms with Crippen molar-refractivity contribution in [3.63, 3.8) is 0 Å². The molecule has 0 aliphatic heterocycles. The number of hydrogen-bond acceptors (Lipinski definition) is 3. The van der Waals surface area contributed by atoms with E-state index in [4.69, 9.17) is 11.1 Å². The van der Waals surface area contributed by atoms with E-state index < -0.39 is 47.7 Å². The lowest BCUT2D eigenvalue weighted by molar-refractivity contribution is -0.130. The maximum Gasteiger partial charge on any atom is 0.432 e. The molecule has 0 radical (unpaired) electrons. The second kappa shape index (κ2) is 8.49. The van der Waals surface area contributed by atoms with Gasteiger partial charge in [0, 0.05) is 11.6 Å². The standard InChI is InChI=1S/C18H20F5N3O/c19-13-7-4-8-14(20)12(13)10-26(11-5-2-1-3-6-11)17(27)15(24)9-16(25)18(21,22)23/h4,7-9,11,25H,1-3,5-6,10,24H2/b15-9-,25-16?. The maximum absolute atomic E-state index is 14.0. The van der Waals surface area contributed by atoms with Crippen molar-refractivity contribution in [2.75, 3.05) is 0 Å². The van der Waals surface area contributed by atoms with E-state index >= 15 is 0 Å². The summed E-state index contributed by atoms with van der Waals surface area (Å²) in [5.41, 5.74) is 2.58. The second-order valence-electron chi connectivity index (χ2n) is 6.44. The van der Waals surface area contributed by atoms with Crippen LogP contribution in [0.1, 0.15) is 37.7 Å². The molecule has 0 aromatic heterocycles. The molecule has 0 spiro atoms. The molecule has 2 rings (SSSR count). The quantitative estimate of drug-likeness (QED) is 0.453. The van der Waals surface area contributed by atoms with E-state index in [0.29, 0.717) is 12.8 Å². The summed E-state index contributed by atoms with van der Waals surface area (Å²) in [7, 11) is 0. The minimum Gasteiger partial charge on any atom is -0.394 e. The first-order chi connectivity index (χ1) is 12.6. The van der Waals surface area contributed by atoms with Gasteiger partial charge in [0.1, 0.15) is 17.3 Å². The molecule has 1 saturated carbocycles. The van der Waals surface area contributed by atoms with Gasteiger partial charge in [0.2, 0.25) is 0 Å². The van der Waals surface area contributed by atoms with Crippen LogP contribution in [0.5, 0.6) is 0 Å². The summed E-state index contributed by atoms with van der Waals surface area (Å²) in [5, 5.41) is 6.97. The minimum absolute atomic E-state index is 0.232. The lowest BCUT2D eigenvalue weighted by atomic mass is 9.93. The topological polar surface area (TPSA) is 70.2 Å². The molecule has 9 heteroatoms. The van der Waals surface area contributed by atoms with Crippen LogP contribution < -0.4 is 5.73 Å². The van der Waals surface area contributed by atoms with Crippen LogP contribution in [0, 0.1) is 17.0 Å². The third kappa shape index (κ3) is 5.27. The van der Waals surface area contributed by atoms with Gasteiger partial charge in [0.05, 0.1) is 12.2 Å². The number of carbonyl (C=O) groups excluding carboxylic acids is 1. The van der Waals surface area contributed by atoms with E-state index in [0.717, 1.165) is 36.3 Å². The summed E-state index contributed by atoms with van der Waals surface area (Å²) in [6, 6.07) is 2.87. The van der Waals surface area contributed by atoms with Crippen molar-refractivity contribution in [2.45, 2.75) is 50.9 Å². The van der Waals surface area contributed by atoms with Crippen molar-refractivity contribution in [3.05, 3.63) is 47.2 Å². The molecule has 0 bridgehead atoms. The van der Waals surface area contributed by atoms with Crippen LogP contribution >= 0.6 is 0 Å². The van der Waals surface area contributed by atoms with Gasteiger partial charge in [-0.15, -0.1) is 0 Å². The van der Waals surface area contributed by atoms with Crippen molar-refractivity contribution in [1.29, 1.82) is 5.41 Å². The van der Waals surface area contributed by atoms with Crippen molar-refractivity contribution >= 4 is 11.6 Å². The molecule has 4 nitrogen and oxygen atoms in total. The fourth-order valence-corrected chi connectivity index (χ4v) is 3.08. The molecular weight excluding hydrogens is 369 g/mol. The number of amides is 1. The van der Waals surface area contributed by atoms with Crippen molar-refractivity contribution < 1.29 is 26.7 Å². The zero-order chi connectivity index (χ0) is 20.2. The van der Waals surface area contributed by atoms with Gasteiger partial charge in [-0.1, -0.05) is 25.3 Å². The van der Waals surface area contributed by atoms with Gasteiger partial charge in [-0.25, -0.2) is 8.78 Å². The normalized spacial score (nSPS) is 16.3. The number of rotatable bonds is 5. The molecule has 0 saturated heterocycles. The third-order valence-corrected chi connectivity index (χ3v) is 4.52. The molecular formula is C18H20F5N3O. The lowest BCUT2D eigenvalue weighted by Gasteiger charge is -2.34. The van der Waals surface area contributed by atoms with Crippen LogP contribution in [0.15, 0.2) is 30.0 Å². The van der Waals surface area contributed by atoms with E-state index in [9.17, 15) is 26.7 Å². The predicted octanol–water partition coefficient (Wildman–Crippen LogP) is 4.05. The van der Waals surface area contributed by atoms with Gasteiger partial charge in [-0.2, -0.15) is 13.2 Å². The van der Waals surface area contributed by atoms with Gasteiger partial charge in [0.15, 0.2) is 0 Å². The average molecular weight is 389 g/mol. The van der Waals surface area contributed by atoms with Gasteiger partial charge in [-0.05, 0) is 31.1 Å². The van der Waals surface area contributed by atoms with Crippen molar-refractivity contribution in [1.82, 2.24) is 4.90 Å². The number of benzene rings is 1. The first-order valence-electron chi connectivity index (χ1n) is 8.48. The average Bonchev–Trinajstić information content (AvgIpc) is 2.61. The molecule has 1 aromatic carbocycles. The molecule has 27 heavy (non-hydrogen) atoms. The molecule has 1 fully saturated rings. The van der Waals surface area contributed by atoms with E-state index in [2.05, 4.69) is 0 Å². The Kier molecular flexibility index (Phi) is 6.56. The van der Waals surface area contributed by atoms with Gasteiger partial charge in [0.25, 0.3) is 5.91 Å². The first-order valence-corrected chi connectivity index (χ1v) is 8.48. The molecule has 0 unspecified atom stereocenters. The van der Waals surface area contributed by atoms with Crippen molar-refractivity contribution in [2.24, 2.45) is 5.73 Å². The van der Waals surface area contributed by atoms with Gasteiger partial charge in [-0.3, -0.25) is 10.2 Å². The number of halogens is 5. The Bertz CT molecular complexity index is 719. The number of nitrogens with zero attached hydrogens (tertiary/aromatic N) is 1. The van der Waals surface area contributed by atoms with Crippen LogP contribution in [-0.2, 0) is 11.3 Å². The Morgan fingerprint density at radius 1 is 1.19 bits per heavy atom. The first kappa shape index (κ1) is 20.9. The molecule has 3 N–H and O–H groups in total. The Balaban J connectivity index is 2.33.